The maximum Gasteiger partial charge on any atom is 0.0660 e. The highest BCUT2D eigenvalue weighted by Crippen LogP contribution is 2.50. The van der Waals surface area contributed by atoms with Crippen LogP contribution in [0.15, 0.2) is 0 Å². The normalized spacial score (nSPS) is 43.9. The molecular weight excluding hydrogens is 196 g/mol. The second-order valence-corrected chi connectivity index (χ2v) is 5.62. The Morgan fingerprint density at radius 2 is 2.00 bits per heavy atom. The van der Waals surface area contributed by atoms with Crippen LogP contribution in [-0.2, 0) is 4.74 Å². The van der Waals surface area contributed by atoms with Crippen molar-refractivity contribution in [2.24, 2.45) is 5.41 Å². The largest absolute Gasteiger partial charge is 0.374 e. The average Bonchev–Trinajstić information content (AvgIpc) is 2.69. The molecule has 0 amide bonds. The number of hydrogen-bond acceptors (Lipinski definition) is 1. The quantitative estimate of drug-likeness (QED) is 0.653. The Hall–Kier alpha value is 0.250. The van der Waals surface area contributed by atoms with Gasteiger partial charge in [-0.15, -0.1) is 11.6 Å². The van der Waals surface area contributed by atoms with Crippen molar-refractivity contribution >= 4 is 11.6 Å². The summed E-state index contributed by atoms with van der Waals surface area (Å²) in [5.74, 6) is 0. The van der Waals surface area contributed by atoms with Crippen molar-refractivity contribution in [2.75, 3.05) is 0 Å². The predicted molar refractivity (Wildman–Crippen MR) is 59.8 cm³/mol. The fraction of sp³-hybridized carbons (Fsp3) is 1.00. The highest BCUT2D eigenvalue weighted by atomic mass is 35.5. The van der Waals surface area contributed by atoms with Gasteiger partial charge in [-0.1, -0.05) is 26.7 Å². The molecule has 0 aromatic heterocycles. The van der Waals surface area contributed by atoms with E-state index in [2.05, 4.69) is 13.8 Å². The van der Waals surface area contributed by atoms with Gasteiger partial charge in [0.15, 0.2) is 0 Å². The van der Waals surface area contributed by atoms with E-state index < -0.39 is 0 Å². The summed E-state index contributed by atoms with van der Waals surface area (Å²) in [4.78, 5) is 0. The van der Waals surface area contributed by atoms with E-state index in [-0.39, 0.29) is 5.41 Å². The van der Waals surface area contributed by atoms with E-state index in [1.165, 1.54) is 25.7 Å². The Balaban J connectivity index is 1.87. The zero-order valence-corrected chi connectivity index (χ0v) is 10.0. The first-order valence-corrected chi connectivity index (χ1v) is 6.40. The third-order valence-corrected chi connectivity index (χ3v) is 4.97. The first kappa shape index (κ1) is 10.8. The van der Waals surface area contributed by atoms with E-state index in [1.807, 2.05) is 0 Å². The first-order chi connectivity index (χ1) is 6.66. The molecule has 0 saturated heterocycles. The molecule has 0 bridgehead atoms. The summed E-state index contributed by atoms with van der Waals surface area (Å²) in [6, 6.07) is 0. The smallest absolute Gasteiger partial charge is 0.0660 e. The third-order valence-electron chi connectivity index (χ3n) is 4.29. The van der Waals surface area contributed by atoms with E-state index in [0.717, 1.165) is 12.8 Å². The van der Waals surface area contributed by atoms with Crippen LogP contribution in [0.1, 0.15) is 52.4 Å². The maximum absolute atomic E-state index is 6.26. The van der Waals surface area contributed by atoms with Crippen LogP contribution in [0.5, 0.6) is 0 Å². The summed E-state index contributed by atoms with van der Waals surface area (Å²) in [6.07, 6.45) is 8.40. The molecule has 0 aromatic carbocycles. The van der Waals surface area contributed by atoms with E-state index >= 15 is 0 Å². The highest BCUT2D eigenvalue weighted by Gasteiger charge is 2.51. The molecule has 3 unspecified atom stereocenters. The topological polar surface area (TPSA) is 9.23 Å². The molecule has 1 nitrogen and oxygen atoms in total. The van der Waals surface area contributed by atoms with Gasteiger partial charge < -0.3 is 4.74 Å². The van der Waals surface area contributed by atoms with Gasteiger partial charge in [-0.3, -0.25) is 0 Å². The van der Waals surface area contributed by atoms with Gasteiger partial charge in [0.25, 0.3) is 0 Å². The Kier molecular flexibility index (Phi) is 3.09. The summed E-state index contributed by atoms with van der Waals surface area (Å²) in [7, 11) is 0. The summed E-state index contributed by atoms with van der Waals surface area (Å²) >= 11 is 6.26. The minimum Gasteiger partial charge on any atom is -0.374 e. The minimum absolute atomic E-state index is 0.240. The second-order valence-electron chi connectivity index (χ2n) is 5.09. The summed E-state index contributed by atoms with van der Waals surface area (Å²) < 4.78 is 6.14. The molecule has 2 heteroatoms. The first-order valence-electron chi connectivity index (χ1n) is 5.96. The van der Waals surface area contributed by atoms with Gasteiger partial charge in [-0.2, -0.15) is 0 Å². The molecule has 2 aliphatic rings. The number of alkyl halides is 1. The monoisotopic (exact) mass is 216 g/mol. The fourth-order valence-electron chi connectivity index (χ4n) is 2.68. The second kappa shape index (κ2) is 4.02. The van der Waals surface area contributed by atoms with Crippen molar-refractivity contribution in [3.63, 3.8) is 0 Å². The zero-order valence-electron chi connectivity index (χ0n) is 9.26. The van der Waals surface area contributed by atoms with Gasteiger partial charge in [0.05, 0.1) is 12.2 Å². The molecule has 0 heterocycles. The lowest BCUT2D eigenvalue weighted by Gasteiger charge is -2.51. The average molecular weight is 217 g/mol. The van der Waals surface area contributed by atoms with Crippen molar-refractivity contribution in [1.29, 1.82) is 0 Å². The molecule has 0 aliphatic heterocycles. The van der Waals surface area contributed by atoms with Crippen LogP contribution in [0.2, 0.25) is 0 Å². The van der Waals surface area contributed by atoms with Crippen LogP contribution < -0.4 is 0 Å². The number of rotatable bonds is 3. The standard InChI is InChI=1S/C12H21ClO/c1-3-12(2)10(13)8-11(12)14-9-6-4-5-7-9/h9-11H,3-8H2,1-2H3. The summed E-state index contributed by atoms with van der Waals surface area (Å²) in [5, 5.41) is 0.332. The van der Waals surface area contributed by atoms with Crippen molar-refractivity contribution in [2.45, 2.75) is 70.0 Å². The van der Waals surface area contributed by atoms with Gasteiger partial charge in [0.2, 0.25) is 0 Å². The van der Waals surface area contributed by atoms with Gasteiger partial charge in [0.1, 0.15) is 0 Å². The van der Waals surface area contributed by atoms with Crippen LogP contribution in [0.4, 0.5) is 0 Å². The molecule has 2 aliphatic carbocycles. The van der Waals surface area contributed by atoms with Crippen molar-refractivity contribution < 1.29 is 4.74 Å². The van der Waals surface area contributed by atoms with Gasteiger partial charge in [-0.05, 0) is 25.7 Å². The maximum atomic E-state index is 6.26. The molecule has 14 heavy (non-hydrogen) atoms. The molecule has 0 spiro atoms. The van der Waals surface area contributed by atoms with Crippen LogP contribution >= 0.6 is 11.6 Å². The van der Waals surface area contributed by atoms with Crippen LogP contribution in [-0.4, -0.2) is 17.6 Å². The van der Waals surface area contributed by atoms with E-state index in [9.17, 15) is 0 Å². The summed E-state index contributed by atoms with van der Waals surface area (Å²) in [6.45, 7) is 4.49. The lowest BCUT2D eigenvalue weighted by molar-refractivity contribution is -0.131. The third kappa shape index (κ3) is 1.69. The van der Waals surface area contributed by atoms with Crippen LogP contribution in [0, 0.1) is 5.41 Å². The van der Waals surface area contributed by atoms with E-state index in [1.54, 1.807) is 0 Å². The Morgan fingerprint density at radius 1 is 1.36 bits per heavy atom. The molecular formula is C12H21ClO. The minimum atomic E-state index is 0.240. The van der Waals surface area contributed by atoms with E-state index in [4.69, 9.17) is 16.3 Å². The molecule has 0 radical (unpaired) electrons. The number of ether oxygens (including phenoxy) is 1. The van der Waals surface area contributed by atoms with Crippen molar-refractivity contribution in [1.82, 2.24) is 0 Å². The molecule has 0 N–H and O–H groups in total. The molecule has 2 fully saturated rings. The number of halogens is 1. The SMILES string of the molecule is CCC1(C)C(Cl)CC1OC1CCCC1. The highest BCUT2D eigenvalue weighted by molar-refractivity contribution is 6.21. The lowest BCUT2D eigenvalue weighted by atomic mass is 9.65. The molecule has 82 valence electrons. The molecule has 0 aromatic rings. The fourth-order valence-corrected chi connectivity index (χ4v) is 3.14. The van der Waals surface area contributed by atoms with E-state index in [0.29, 0.717) is 17.6 Å². The van der Waals surface area contributed by atoms with Gasteiger partial charge in [-0.25, -0.2) is 0 Å². The van der Waals surface area contributed by atoms with Crippen LogP contribution in [0.3, 0.4) is 0 Å². The van der Waals surface area contributed by atoms with Gasteiger partial charge in [0, 0.05) is 10.8 Å². The Bertz CT molecular complexity index is 200. The van der Waals surface area contributed by atoms with Crippen LogP contribution in [0.25, 0.3) is 0 Å². The molecule has 2 saturated carbocycles. The lowest BCUT2D eigenvalue weighted by Crippen LogP contribution is -2.54. The Labute approximate surface area is 92.2 Å². The van der Waals surface area contributed by atoms with Gasteiger partial charge >= 0.3 is 0 Å². The Morgan fingerprint density at radius 3 is 2.50 bits per heavy atom. The zero-order chi connectivity index (χ0) is 10.2. The predicted octanol–water partition coefficient (Wildman–Crippen LogP) is 3.74. The molecule has 2 rings (SSSR count). The molecule has 3 atom stereocenters. The number of hydrogen-bond donors (Lipinski definition) is 0. The van der Waals surface area contributed by atoms with Crippen molar-refractivity contribution in [3.05, 3.63) is 0 Å². The van der Waals surface area contributed by atoms with Crippen molar-refractivity contribution in [3.8, 4) is 0 Å². The summed E-state index contributed by atoms with van der Waals surface area (Å²) in [5.41, 5.74) is 0.240.